The Morgan fingerprint density at radius 1 is 1.00 bits per heavy atom. The summed E-state index contributed by atoms with van der Waals surface area (Å²) in [6.45, 7) is 1.42. The maximum atomic E-state index is 11.7. The largest absolute Gasteiger partial charge is 0.373 e. The van der Waals surface area contributed by atoms with Crippen LogP contribution in [0.25, 0.3) is 0 Å². The summed E-state index contributed by atoms with van der Waals surface area (Å²) in [6, 6.07) is 0.302. The Kier molecular flexibility index (Phi) is 2.86. The lowest BCUT2D eigenvalue weighted by atomic mass is 9.89. The number of carbonyl (C=O) groups is 1. The molecule has 3 fully saturated rings. The third kappa shape index (κ3) is 2.23. The molecule has 90 valence electrons. The molecule has 4 nitrogen and oxygen atoms in total. The number of ether oxygens (including phenoxy) is 2. The maximum Gasteiger partial charge on any atom is 0.223 e. The van der Waals surface area contributed by atoms with Crippen molar-refractivity contribution in [1.82, 2.24) is 5.32 Å². The monoisotopic (exact) mass is 225 g/mol. The summed E-state index contributed by atoms with van der Waals surface area (Å²) in [6.07, 6.45) is 5.58. The quantitative estimate of drug-likeness (QED) is 0.758. The van der Waals surface area contributed by atoms with Crippen LogP contribution in [0.4, 0.5) is 0 Å². The van der Waals surface area contributed by atoms with E-state index in [1.165, 1.54) is 0 Å². The molecule has 0 bridgehead atoms. The predicted octanol–water partition coefficient (Wildman–Crippen LogP) is 0.849. The van der Waals surface area contributed by atoms with Crippen LogP contribution in [0.2, 0.25) is 0 Å². The fraction of sp³-hybridized carbons (Fsp3) is 0.917. The molecule has 1 heterocycles. The molecule has 0 aromatic carbocycles. The molecule has 1 N–H and O–H groups in total. The van der Waals surface area contributed by atoms with Gasteiger partial charge in [-0.2, -0.15) is 0 Å². The maximum absolute atomic E-state index is 11.7. The zero-order valence-corrected chi connectivity index (χ0v) is 9.48. The molecule has 4 heteroatoms. The highest BCUT2D eigenvalue weighted by Crippen LogP contribution is 2.31. The SMILES string of the molecule is O=C(N[C@@H]1CC[C@@H]2OCCO[C@H]2C1)C1CC1. The molecular formula is C12H19NO3. The van der Waals surface area contributed by atoms with E-state index in [-0.39, 0.29) is 18.1 Å². The summed E-state index contributed by atoms with van der Waals surface area (Å²) >= 11 is 0. The van der Waals surface area contributed by atoms with Gasteiger partial charge in [0, 0.05) is 12.0 Å². The van der Waals surface area contributed by atoms with E-state index in [9.17, 15) is 4.79 Å². The van der Waals surface area contributed by atoms with Gasteiger partial charge in [0.2, 0.25) is 5.91 Å². The molecule has 3 aliphatic rings. The molecule has 0 radical (unpaired) electrons. The molecule has 0 aromatic heterocycles. The summed E-state index contributed by atoms with van der Waals surface area (Å²) in [5.74, 6) is 0.557. The van der Waals surface area contributed by atoms with Crippen molar-refractivity contribution in [2.75, 3.05) is 13.2 Å². The summed E-state index contributed by atoms with van der Waals surface area (Å²) in [7, 11) is 0. The fourth-order valence-electron chi connectivity index (χ4n) is 2.66. The number of fused-ring (bicyclic) bond motifs is 1. The van der Waals surface area contributed by atoms with E-state index >= 15 is 0 Å². The number of rotatable bonds is 2. The van der Waals surface area contributed by atoms with E-state index in [1.807, 2.05) is 0 Å². The Labute approximate surface area is 95.7 Å². The summed E-state index contributed by atoms with van der Waals surface area (Å²) in [5, 5.41) is 3.14. The Morgan fingerprint density at radius 3 is 2.50 bits per heavy atom. The van der Waals surface area contributed by atoms with Gasteiger partial charge in [-0.1, -0.05) is 0 Å². The molecule has 16 heavy (non-hydrogen) atoms. The molecule has 1 amide bonds. The molecule has 2 saturated carbocycles. The Morgan fingerprint density at radius 2 is 1.75 bits per heavy atom. The highest BCUT2D eigenvalue weighted by Gasteiger charge is 2.37. The van der Waals surface area contributed by atoms with Crippen LogP contribution in [0.3, 0.4) is 0 Å². The van der Waals surface area contributed by atoms with Gasteiger partial charge in [-0.05, 0) is 32.1 Å². The normalized spacial score (nSPS) is 38.9. The van der Waals surface area contributed by atoms with Crippen LogP contribution >= 0.6 is 0 Å². The minimum atomic E-state index is 0.201. The van der Waals surface area contributed by atoms with Crippen LogP contribution in [-0.2, 0) is 14.3 Å². The molecule has 1 saturated heterocycles. The predicted molar refractivity (Wildman–Crippen MR) is 58.0 cm³/mol. The molecule has 0 unspecified atom stereocenters. The average molecular weight is 225 g/mol. The first-order valence-electron chi connectivity index (χ1n) is 6.36. The van der Waals surface area contributed by atoms with Crippen LogP contribution in [0.15, 0.2) is 0 Å². The first-order valence-corrected chi connectivity index (χ1v) is 6.36. The number of hydrogen-bond donors (Lipinski definition) is 1. The van der Waals surface area contributed by atoms with Crippen molar-refractivity contribution in [1.29, 1.82) is 0 Å². The van der Waals surface area contributed by atoms with Gasteiger partial charge in [0.05, 0.1) is 25.4 Å². The van der Waals surface area contributed by atoms with E-state index in [1.54, 1.807) is 0 Å². The van der Waals surface area contributed by atoms with E-state index < -0.39 is 0 Å². The van der Waals surface area contributed by atoms with Crippen molar-refractivity contribution in [2.24, 2.45) is 5.92 Å². The molecule has 0 spiro atoms. The second-order valence-corrected chi connectivity index (χ2v) is 5.11. The average Bonchev–Trinajstić information content (AvgIpc) is 3.12. The van der Waals surface area contributed by atoms with E-state index in [4.69, 9.17) is 9.47 Å². The fourth-order valence-corrected chi connectivity index (χ4v) is 2.66. The molecule has 3 rings (SSSR count). The van der Waals surface area contributed by atoms with E-state index in [0.29, 0.717) is 18.6 Å². The number of amides is 1. The van der Waals surface area contributed by atoms with Crippen molar-refractivity contribution in [3.05, 3.63) is 0 Å². The standard InChI is InChI=1S/C12H19NO3/c14-12(8-1-2-8)13-9-3-4-10-11(7-9)16-6-5-15-10/h8-11H,1-7H2,(H,13,14)/t9-,10+,11+/m1/s1. The van der Waals surface area contributed by atoms with Gasteiger partial charge in [0.25, 0.3) is 0 Å². The second kappa shape index (κ2) is 4.34. The first kappa shape index (κ1) is 10.5. The second-order valence-electron chi connectivity index (χ2n) is 5.11. The number of carbonyl (C=O) groups excluding carboxylic acids is 1. The number of hydrogen-bond acceptors (Lipinski definition) is 3. The zero-order chi connectivity index (χ0) is 11.0. The lowest BCUT2D eigenvalue weighted by molar-refractivity contribution is -0.158. The Hall–Kier alpha value is -0.610. The highest BCUT2D eigenvalue weighted by molar-refractivity contribution is 5.81. The molecule has 1 aliphatic heterocycles. The van der Waals surface area contributed by atoms with Crippen LogP contribution in [-0.4, -0.2) is 37.4 Å². The van der Waals surface area contributed by atoms with Crippen LogP contribution < -0.4 is 5.32 Å². The van der Waals surface area contributed by atoms with E-state index in [0.717, 1.165) is 38.7 Å². The van der Waals surface area contributed by atoms with Gasteiger partial charge in [-0.15, -0.1) is 0 Å². The summed E-state index contributed by atoms with van der Waals surface area (Å²) < 4.78 is 11.4. The van der Waals surface area contributed by atoms with Crippen LogP contribution in [0.5, 0.6) is 0 Å². The lowest BCUT2D eigenvalue weighted by Crippen LogP contribution is -2.49. The van der Waals surface area contributed by atoms with Crippen molar-refractivity contribution >= 4 is 5.91 Å². The van der Waals surface area contributed by atoms with Gasteiger partial charge in [0.1, 0.15) is 0 Å². The molecule has 2 aliphatic carbocycles. The van der Waals surface area contributed by atoms with Gasteiger partial charge in [0.15, 0.2) is 0 Å². The van der Waals surface area contributed by atoms with Crippen molar-refractivity contribution in [2.45, 2.75) is 50.4 Å². The van der Waals surface area contributed by atoms with Crippen LogP contribution in [0.1, 0.15) is 32.1 Å². The van der Waals surface area contributed by atoms with Crippen molar-refractivity contribution < 1.29 is 14.3 Å². The van der Waals surface area contributed by atoms with Crippen molar-refractivity contribution in [3.8, 4) is 0 Å². The Bertz CT molecular complexity index is 277. The van der Waals surface area contributed by atoms with Gasteiger partial charge in [-0.25, -0.2) is 0 Å². The van der Waals surface area contributed by atoms with Gasteiger partial charge in [-0.3, -0.25) is 4.79 Å². The first-order chi connectivity index (χ1) is 7.83. The number of nitrogens with one attached hydrogen (secondary N) is 1. The van der Waals surface area contributed by atoms with Gasteiger partial charge >= 0.3 is 0 Å². The van der Waals surface area contributed by atoms with Crippen molar-refractivity contribution in [3.63, 3.8) is 0 Å². The van der Waals surface area contributed by atoms with Gasteiger partial charge < -0.3 is 14.8 Å². The third-order valence-electron chi connectivity index (χ3n) is 3.77. The molecule has 0 aromatic rings. The topological polar surface area (TPSA) is 47.6 Å². The lowest BCUT2D eigenvalue weighted by Gasteiger charge is -2.39. The third-order valence-corrected chi connectivity index (χ3v) is 3.77. The minimum Gasteiger partial charge on any atom is -0.373 e. The molecular weight excluding hydrogens is 206 g/mol. The zero-order valence-electron chi connectivity index (χ0n) is 9.48. The van der Waals surface area contributed by atoms with E-state index in [2.05, 4.69) is 5.32 Å². The minimum absolute atomic E-state index is 0.201. The smallest absolute Gasteiger partial charge is 0.223 e. The summed E-state index contributed by atoms with van der Waals surface area (Å²) in [5.41, 5.74) is 0. The highest BCUT2D eigenvalue weighted by atomic mass is 16.6. The summed E-state index contributed by atoms with van der Waals surface area (Å²) in [4.78, 5) is 11.7. The van der Waals surface area contributed by atoms with Crippen LogP contribution in [0, 0.1) is 5.92 Å². The Balaban J connectivity index is 1.51. The molecule has 3 atom stereocenters.